The van der Waals surface area contributed by atoms with Gasteiger partial charge in [-0.05, 0) is 59.7 Å². The van der Waals surface area contributed by atoms with Crippen LogP contribution in [0.15, 0.2) is 16.6 Å². The maximum Gasteiger partial charge on any atom is 0.156 e. The zero-order valence-corrected chi connectivity index (χ0v) is 14.6. The van der Waals surface area contributed by atoms with Crippen LogP contribution in [0.4, 0.5) is 5.69 Å². The SMILES string of the molecule is CCOc1c(Br)cc(Cl)cc1NCC1CCC(C)CC1. The van der Waals surface area contributed by atoms with E-state index in [4.69, 9.17) is 16.3 Å². The van der Waals surface area contributed by atoms with Crippen molar-refractivity contribution in [2.45, 2.75) is 39.5 Å². The molecule has 1 aromatic carbocycles. The minimum absolute atomic E-state index is 0.649. The minimum atomic E-state index is 0.649. The summed E-state index contributed by atoms with van der Waals surface area (Å²) in [6, 6.07) is 3.82. The first-order chi connectivity index (χ1) is 9.60. The molecule has 0 aliphatic heterocycles. The van der Waals surface area contributed by atoms with Gasteiger partial charge in [0.2, 0.25) is 0 Å². The Morgan fingerprint density at radius 1 is 1.30 bits per heavy atom. The van der Waals surface area contributed by atoms with Crippen LogP contribution in [0.2, 0.25) is 5.02 Å². The van der Waals surface area contributed by atoms with Gasteiger partial charge in [0.1, 0.15) is 0 Å². The molecule has 0 aromatic heterocycles. The molecule has 1 fully saturated rings. The zero-order chi connectivity index (χ0) is 14.5. The van der Waals surface area contributed by atoms with E-state index in [1.807, 2.05) is 19.1 Å². The molecule has 1 saturated carbocycles. The monoisotopic (exact) mass is 359 g/mol. The van der Waals surface area contributed by atoms with Gasteiger partial charge in [0.15, 0.2) is 5.75 Å². The van der Waals surface area contributed by atoms with Crippen molar-refractivity contribution >= 4 is 33.2 Å². The fourth-order valence-corrected chi connectivity index (χ4v) is 3.69. The van der Waals surface area contributed by atoms with Gasteiger partial charge in [-0.3, -0.25) is 0 Å². The van der Waals surface area contributed by atoms with E-state index in [0.29, 0.717) is 6.61 Å². The van der Waals surface area contributed by atoms with E-state index in [1.165, 1.54) is 25.7 Å². The lowest BCUT2D eigenvalue weighted by atomic mass is 9.83. The third-order valence-corrected chi connectivity index (χ3v) is 4.82. The number of halogens is 2. The molecular formula is C16H23BrClNO. The quantitative estimate of drug-likeness (QED) is 0.723. The predicted molar refractivity (Wildman–Crippen MR) is 89.9 cm³/mol. The lowest BCUT2D eigenvalue weighted by Gasteiger charge is -2.27. The first kappa shape index (κ1) is 16.0. The van der Waals surface area contributed by atoms with Gasteiger partial charge < -0.3 is 10.1 Å². The van der Waals surface area contributed by atoms with E-state index in [1.54, 1.807) is 0 Å². The van der Waals surface area contributed by atoms with Crippen molar-refractivity contribution in [1.29, 1.82) is 0 Å². The highest BCUT2D eigenvalue weighted by molar-refractivity contribution is 9.10. The van der Waals surface area contributed by atoms with Crippen LogP contribution in [0, 0.1) is 11.8 Å². The van der Waals surface area contributed by atoms with Crippen LogP contribution in [0.1, 0.15) is 39.5 Å². The van der Waals surface area contributed by atoms with Gasteiger partial charge in [-0.25, -0.2) is 0 Å². The molecule has 2 rings (SSSR count). The fourth-order valence-electron chi connectivity index (χ4n) is 2.77. The average Bonchev–Trinajstić information content (AvgIpc) is 2.41. The molecule has 0 spiro atoms. The summed E-state index contributed by atoms with van der Waals surface area (Å²) in [6.07, 6.45) is 5.34. The van der Waals surface area contributed by atoms with Gasteiger partial charge in [-0.15, -0.1) is 0 Å². The molecule has 0 bridgehead atoms. The molecule has 4 heteroatoms. The Hall–Kier alpha value is -0.410. The summed E-state index contributed by atoms with van der Waals surface area (Å²) in [5, 5.41) is 4.25. The lowest BCUT2D eigenvalue weighted by Crippen LogP contribution is -2.20. The maximum atomic E-state index is 6.14. The molecule has 0 saturated heterocycles. The van der Waals surface area contributed by atoms with Crippen molar-refractivity contribution in [2.75, 3.05) is 18.5 Å². The number of anilines is 1. The summed E-state index contributed by atoms with van der Waals surface area (Å²) in [5.41, 5.74) is 0.991. The Balaban J connectivity index is 2.01. The van der Waals surface area contributed by atoms with Crippen molar-refractivity contribution in [3.05, 3.63) is 21.6 Å². The van der Waals surface area contributed by atoms with Crippen LogP contribution in [-0.2, 0) is 0 Å². The molecule has 112 valence electrons. The number of benzene rings is 1. The van der Waals surface area contributed by atoms with Crippen LogP contribution < -0.4 is 10.1 Å². The first-order valence-electron chi connectivity index (χ1n) is 7.45. The second kappa shape index (κ2) is 7.56. The Kier molecular flexibility index (Phi) is 6.03. The highest BCUT2D eigenvalue weighted by Crippen LogP contribution is 2.37. The lowest BCUT2D eigenvalue weighted by molar-refractivity contribution is 0.299. The smallest absolute Gasteiger partial charge is 0.156 e. The van der Waals surface area contributed by atoms with E-state index in [2.05, 4.69) is 28.2 Å². The summed E-state index contributed by atoms with van der Waals surface area (Å²) in [7, 11) is 0. The van der Waals surface area contributed by atoms with E-state index in [0.717, 1.165) is 39.3 Å². The van der Waals surface area contributed by atoms with Crippen LogP contribution in [0.3, 0.4) is 0 Å². The molecule has 0 heterocycles. The Morgan fingerprint density at radius 3 is 2.65 bits per heavy atom. The molecular weight excluding hydrogens is 338 g/mol. The first-order valence-corrected chi connectivity index (χ1v) is 8.63. The molecule has 0 radical (unpaired) electrons. The number of rotatable bonds is 5. The van der Waals surface area contributed by atoms with Crippen LogP contribution in [0.25, 0.3) is 0 Å². The number of nitrogens with one attached hydrogen (secondary N) is 1. The summed E-state index contributed by atoms with van der Waals surface area (Å²) in [5.74, 6) is 2.52. The van der Waals surface area contributed by atoms with Crippen molar-refractivity contribution in [3.8, 4) is 5.75 Å². The number of ether oxygens (including phenoxy) is 1. The predicted octanol–water partition coefficient (Wildman–Crippen LogP) is 5.74. The van der Waals surface area contributed by atoms with Gasteiger partial charge in [-0.2, -0.15) is 0 Å². The fraction of sp³-hybridized carbons (Fsp3) is 0.625. The summed E-state index contributed by atoms with van der Waals surface area (Å²) >= 11 is 9.66. The molecule has 1 aliphatic carbocycles. The standard InChI is InChI=1S/C16H23BrClNO/c1-3-20-16-14(17)8-13(18)9-15(16)19-10-12-6-4-11(2)5-7-12/h8-9,11-12,19H,3-7,10H2,1-2H3. The molecule has 1 aromatic rings. The average molecular weight is 361 g/mol. The van der Waals surface area contributed by atoms with Crippen LogP contribution >= 0.6 is 27.5 Å². The van der Waals surface area contributed by atoms with E-state index in [-0.39, 0.29) is 0 Å². The largest absolute Gasteiger partial charge is 0.491 e. The van der Waals surface area contributed by atoms with E-state index < -0.39 is 0 Å². The van der Waals surface area contributed by atoms with Crippen molar-refractivity contribution < 1.29 is 4.74 Å². The number of hydrogen-bond acceptors (Lipinski definition) is 2. The summed E-state index contributed by atoms with van der Waals surface area (Å²) < 4.78 is 6.62. The van der Waals surface area contributed by atoms with Gasteiger partial charge in [0.05, 0.1) is 16.8 Å². The molecule has 2 nitrogen and oxygen atoms in total. The summed E-state index contributed by atoms with van der Waals surface area (Å²) in [6.45, 7) is 5.99. The Labute approximate surface area is 135 Å². The van der Waals surface area contributed by atoms with Crippen molar-refractivity contribution in [3.63, 3.8) is 0 Å². The topological polar surface area (TPSA) is 21.3 Å². The highest BCUT2D eigenvalue weighted by atomic mass is 79.9. The van der Waals surface area contributed by atoms with Gasteiger partial charge in [0.25, 0.3) is 0 Å². The molecule has 0 atom stereocenters. The number of hydrogen-bond donors (Lipinski definition) is 1. The van der Waals surface area contributed by atoms with Crippen LogP contribution in [0.5, 0.6) is 5.75 Å². The normalized spacial score (nSPS) is 22.6. The third-order valence-electron chi connectivity index (χ3n) is 4.01. The molecule has 20 heavy (non-hydrogen) atoms. The Morgan fingerprint density at radius 2 is 2.00 bits per heavy atom. The minimum Gasteiger partial charge on any atom is -0.491 e. The van der Waals surface area contributed by atoms with Crippen LogP contribution in [-0.4, -0.2) is 13.2 Å². The van der Waals surface area contributed by atoms with Gasteiger partial charge in [0, 0.05) is 11.6 Å². The summed E-state index contributed by atoms with van der Waals surface area (Å²) in [4.78, 5) is 0. The second-order valence-electron chi connectivity index (χ2n) is 5.70. The van der Waals surface area contributed by atoms with Crippen molar-refractivity contribution in [2.24, 2.45) is 11.8 Å². The maximum absolute atomic E-state index is 6.14. The van der Waals surface area contributed by atoms with Gasteiger partial charge in [-0.1, -0.05) is 31.4 Å². The Bertz CT molecular complexity index is 444. The second-order valence-corrected chi connectivity index (χ2v) is 6.99. The van der Waals surface area contributed by atoms with E-state index >= 15 is 0 Å². The molecule has 0 unspecified atom stereocenters. The van der Waals surface area contributed by atoms with Gasteiger partial charge >= 0.3 is 0 Å². The zero-order valence-electron chi connectivity index (χ0n) is 12.2. The van der Waals surface area contributed by atoms with Crippen molar-refractivity contribution in [1.82, 2.24) is 0 Å². The molecule has 0 amide bonds. The third kappa shape index (κ3) is 4.29. The highest BCUT2D eigenvalue weighted by Gasteiger charge is 2.19. The molecule has 1 aliphatic rings. The molecule has 1 N–H and O–H groups in total. The van der Waals surface area contributed by atoms with E-state index in [9.17, 15) is 0 Å².